The molecule has 0 aliphatic carbocycles. The number of hydrogen-bond acceptors (Lipinski definition) is 4. The molecule has 0 radical (unpaired) electrons. The van der Waals surface area contributed by atoms with Crippen molar-refractivity contribution in [1.82, 2.24) is 9.78 Å². The quantitative estimate of drug-likeness (QED) is 0.675. The number of benzene rings is 1. The number of nitro groups is 1. The number of nitro benzene ring substituents is 1. The first kappa shape index (κ1) is 10.6. The topological polar surface area (TPSA) is 87.0 Å². The van der Waals surface area contributed by atoms with Gasteiger partial charge < -0.3 is 5.73 Å². The molecule has 82 valence electrons. The summed E-state index contributed by atoms with van der Waals surface area (Å²) >= 11 is 3.22. The Morgan fingerprint density at radius 3 is 2.81 bits per heavy atom. The summed E-state index contributed by atoms with van der Waals surface area (Å²) < 4.78 is 2.08. The van der Waals surface area contributed by atoms with E-state index in [9.17, 15) is 10.1 Å². The van der Waals surface area contributed by atoms with E-state index in [4.69, 9.17) is 5.73 Å². The van der Waals surface area contributed by atoms with E-state index in [1.165, 1.54) is 23.0 Å². The Balaban J connectivity index is 2.52. The molecule has 0 fully saturated rings. The number of aromatic nitrogens is 2. The second-order valence-electron chi connectivity index (χ2n) is 3.07. The summed E-state index contributed by atoms with van der Waals surface area (Å²) in [6, 6.07) is 6.11. The molecule has 0 aliphatic heterocycles. The summed E-state index contributed by atoms with van der Waals surface area (Å²) in [5, 5.41) is 14.6. The van der Waals surface area contributed by atoms with Crippen molar-refractivity contribution in [3.63, 3.8) is 0 Å². The first-order valence-electron chi connectivity index (χ1n) is 4.33. The van der Waals surface area contributed by atoms with Crippen LogP contribution >= 0.6 is 15.9 Å². The predicted octanol–water partition coefficient (Wildman–Crippen LogP) is 2.13. The lowest BCUT2D eigenvalue weighted by molar-refractivity contribution is -0.384. The molecule has 0 bridgehead atoms. The Morgan fingerprint density at radius 1 is 1.50 bits per heavy atom. The van der Waals surface area contributed by atoms with Gasteiger partial charge in [-0.1, -0.05) is 6.07 Å². The molecule has 1 aromatic carbocycles. The van der Waals surface area contributed by atoms with Gasteiger partial charge >= 0.3 is 0 Å². The molecule has 2 N–H and O–H groups in total. The number of halogens is 1. The third kappa shape index (κ3) is 1.76. The van der Waals surface area contributed by atoms with E-state index < -0.39 is 4.92 Å². The highest BCUT2D eigenvalue weighted by atomic mass is 79.9. The molecule has 1 aromatic heterocycles. The maximum absolute atomic E-state index is 10.6. The molecule has 1 heterocycles. The number of non-ortho nitro benzene ring substituents is 1. The van der Waals surface area contributed by atoms with Gasteiger partial charge in [-0.3, -0.25) is 10.1 Å². The summed E-state index contributed by atoms with van der Waals surface area (Å²) in [6.45, 7) is 0. The zero-order valence-corrected chi connectivity index (χ0v) is 9.59. The van der Waals surface area contributed by atoms with Crippen molar-refractivity contribution in [2.24, 2.45) is 0 Å². The minimum absolute atomic E-state index is 0.00326. The van der Waals surface area contributed by atoms with Crippen LogP contribution in [0.15, 0.2) is 34.9 Å². The lowest BCUT2D eigenvalue weighted by Crippen LogP contribution is -2.02. The molecule has 2 rings (SSSR count). The molecular formula is C9H7BrN4O2. The van der Waals surface area contributed by atoms with E-state index in [2.05, 4.69) is 21.0 Å². The number of hydrogen-bond donors (Lipinski definition) is 1. The van der Waals surface area contributed by atoms with Gasteiger partial charge in [0.1, 0.15) is 5.82 Å². The summed E-state index contributed by atoms with van der Waals surface area (Å²) in [6.07, 6.45) is 1.54. The van der Waals surface area contributed by atoms with E-state index in [-0.39, 0.29) is 5.69 Å². The molecule has 0 saturated heterocycles. The fraction of sp³-hybridized carbons (Fsp3) is 0. The molecule has 0 spiro atoms. The van der Waals surface area contributed by atoms with Crippen molar-refractivity contribution in [2.75, 3.05) is 5.73 Å². The SMILES string of the molecule is Nc1c(Br)cnn1-c1cccc([N+](=O)[O-])c1. The molecule has 0 unspecified atom stereocenters. The van der Waals surface area contributed by atoms with E-state index >= 15 is 0 Å². The number of nitrogens with zero attached hydrogens (tertiary/aromatic N) is 3. The van der Waals surface area contributed by atoms with E-state index in [0.29, 0.717) is 16.0 Å². The zero-order chi connectivity index (χ0) is 11.7. The molecule has 2 aromatic rings. The van der Waals surface area contributed by atoms with E-state index in [1.807, 2.05) is 0 Å². The highest BCUT2D eigenvalue weighted by Crippen LogP contribution is 2.23. The van der Waals surface area contributed by atoms with Crippen molar-refractivity contribution in [1.29, 1.82) is 0 Å². The summed E-state index contributed by atoms with van der Waals surface area (Å²) in [5.74, 6) is 0.403. The van der Waals surface area contributed by atoms with Gasteiger partial charge in [-0.15, -0.1) is 0 Å². The number of nitrogens with two attached hydrogens (primary N) is 1. The van der Waals surface area contributed by atoms with Gasteiger partial charge in [0, 0.05) is 12.1 Å². The van der Waals surface area contributed by atoms with Crippen molar-refractivity contribution in [3.05, 3.63) is 45.0 Å². The van der Waals surface area contributed by atoms with Crippen LogP contribution in [0.1, 0.15) is 0 Å². The van der Waals surface area contributed by atoms with E-state index in [0.717, 1.165) is 0 Å². The minimum atomic E-state index is -0.460. The number of rotatable bonds is 2. The van der Waals surface area contributed by atoms with Gasteiger partial charge in [-0.2, -0.15) is 5.10 Å². The van der Waals surface area contributed by atoms with Gasteiger partial charge in [-0.05, 0) is 22.0 Å². The summed E-state index contributed by atoms with van der Waals surface area (Å²) in [5.41, 5.74) is 6.30. The minimum Gasteiger partial charge on any atom is -0.383 e. The highest BCUT2D eigenvalue weighted by Gasteiger charge is 2.10. The molecular weight excluding hydrogens is 276 g/mol. The monoisotopic (exact) mass is 282 g/mol. The molecule has 0 saturated carbocycles. The van der Waals surface area contributed by atoms with Crippen molar-refractivity contribution < 1.29 is 4.92 Å². The van der Waals surface area contributed by atoms with Gasteiger partial charge in [0.15, 0.2) is 0 Å². The lowest BCUT2D eigenvalue weighted by atomic mass is 10.3. The first-order valence-corrected chi connectivity index (χ1v) is 5.12. The Kier molecular flexibility index (Phi) is 2.61. The van der Waals surface area contributed by atoms with Crippen LogP contribution in [0.4, 0.5) is 11.5 Å². The summed E-state index contributed by atoms with van der Waals surface area (Å²) in [7, 11) is 0. The standard InChI is InChI=1S/C9H7BrN4O2/c10-8-5-12-13(9(8)11)6-2-1-3-7(4-6)14(15)16/h1-5H,11H2. The van der Waals surface area contributed by atoms with Crippen LogP contribution in [0.2, 0.25) is 0 Å². The van der Waals surface area contributed by atoms with Crippen LogP contribution in [-0.4, -0.2) is 14.7 Å². The third-order valence-electron chi connectivity index (χ3n) is 2.04. The Hall–Kier alpha value is -1.89. The predicted molar refractivity (Wildman–Crippen MR) is 62.3 cm³/mol. The normalized spacial score (nSPS) is 10.3. The zero-order valence-electron chi connectivity index (χ0n) is 8.00. The second-order valence-corrected chi connectivity index (χ2v) is 3.92. The average Bonchev–Trinajstić information content (AvgIpc) is 2.60. The van der Waals surface area contributed by atoms with Gasteiger partial charge in [0.2, 0.25) is 0 Å². The molecule has 0 amide bonds. The number of anilines is 1. The Labute approximate surface area is 99.0 Å². The molecule has 0 atom stereocenters. The smallest absolute Gasteiger partial charge is 0.271 e. The van der Waals surface area contributed by atoms with Crippen LogP contribution in [0, 0.1) is 10.1 Å². The van der Waals surface area contributed by atoms with Gasteiger partial charge in [-0.25, -0.2) is 4.68 Å². The molecule has 7 heteroatoms. The number of nitrogen functional groups attached to an aromatic ring is 1. The first-order chi connectivity index (χ1) is 7.59. The fourth-order valence-electron chi connectivity index (χ4n) is 1.28. The van der Waals surface area contributed by atoms with Gasteiger partial charge in [0.05, 0.1) is 21.3 Å². The Bertz CT molecular complexity index is 552. The van der Waals surface area contributed by atoms with Crippen LogP contribution in [-0.2, 0) is 0 Å². The van der Waals surface area contributed by atoms with Crippen LogP contribution < -0.4 is 5.73 Å². The van der Waals surface area contributed by atoms with Crippen molar-refractivity contribution >= 4 is 27.4 Å². The largest absolute Gasteiger partial charge is 0.383 e. The molecule has 16 heavy (non-hydrogen) atoms. The molecule has 6 nitrogen and oxygen atoms in total. The van der Waals surface area contributed by atoms with Crippen LogP contribution in [0.3, 0.4) is 0 Å². The maximum atomic E-state index is 10.6. The van der Waals surface area contributed by atoms with Gasteiger partial charge in [0.25, 0.3) is 5.69 Å². The fourth-order valence-corrected chi connectivity index (χ4v) is 1.54. The lowest BCUT2D eigenvalue weighted by Gasteiger charge is -2.03. The second kappa shape index (κ2) is 3.93. The molecule has 0 aliphatic rings. The average molecular weight is 283 g/mol. The van der Waals surface area contributed by atoms with E-state index in [1.54, 1.807) is 12.1 Å². The highest BCUT2D eigenvalue weighted by molar-refractivity contribution is 9.10. The Morgan fingerprint density at radius 2 is 2.25 bits per heavy atom. The van der Waals surface area contributed by atoms with Crippen LogP contribution in [0.5, 0.6) is 0 Å². The maximum Gasteiger partial charge on any atom is 0.271 e. The van der Waals surface area contributed by atoms with Crippen molar-refractivity contribution in [3.8, 4) is 5.69 Å². The summed E-state index contributed by atoms with van der Waals surface area (Å²) in [4.78, 5) is 10.1. The van der Waals surface area contributed by atoms with Crippen molar-refractivity contribution in [2.45, 2.75) is 0 Å². The van der Waals surface area contributed by atoms with Crippen LogP contribution in [0.25, 0.3) is 5.69 Å². The third-order valence-corrected chi connectivity index (χ3v) is 2.66.